The van der Waals surface area contributed by atoms with Crippen LogP contribution in [0.25, 0.3) is 0 Å². The van der Waals surface area contributed by atoms with Gasteiger partial charge in [-0.2, -0.15) is 0 Å². The third-order valence-corrected chi connectivity index (χ3v) is 4.14. The van der Waals surface area contributed by atoms with Crippen LogP contribution < -0.4 is 4.74 Å². The second kappa shape index (κ2) is 8.60. The molecule has 0 aliphatic heterocycles. The van der Waals surface area contributed by atoms with Gasteiger partial charge in [0.1, 0.15) is 12.9 Å². The summed E-state index contributed by atoms with van der Waals surface area (Å²) in [4.78, 5) is 18.2. The second-order valence-electron chi connectivity index (χ2n) is 5.22. The quantitative estimate of drug-likeness (QED) is 0.704. The van der Waals surface area contributed by atoms with E-state index in [4.69, 9.17) is 39.5 Å². The molecule has 2 aromatic rings. The number of carbonyl (C=O) groups is 1. The van der Waals surface area contributed by atoms with E-state index in [1.807, 2.05) is 13.8 Å². The fourth-order valence-electron chi connectivity index (χ4n) is 2.21. The second-order valence-corrected chi connectivity index (χ2v) is 6.47. The molecule has 0 aliphatic rings. The SMILES string of the molecule is CCCN(CCOc1c(Cl)cc(Cl)cc1Cl)C(=O)n1cncc1C. The van der Waals surface area contributed by atoms with Gasteiger partial charge in [0.15, 0.2) is 5.75 Å². The maximum atomic E-state index is 12.6. The first-order chi connectivity index (χ1) is 11.4. The molecule has 0 fully saturated rings. The van der Waals surface area contributed by atoms with E-state index in [0.717, 1.165) is 12.1 Å². The average Bonchev–Trinajstić information content (AvgIpc) is 2.94. The number of benzene rings is 1. The van der Waals surface area contributed by atoms with E-state index < -0.39 is 0 Å². The highest BCUT2D eigenvalue weighted by Crippen LogP contribution is 2.35. The molecule has 0 unspecified atom stereocenters. The summed E-state index contributed by atoms with van der Waals surface area (Å²) >= 11 is 18.1. The number of hydrogen-bond donors (Lipinski definition) is 0. The number of aryl methyl sites for hydroxylation is 1. The van der Waals surface area contributed by atoms with Crippen molar-refractivity contribution in [1.82, 2.24) is 14.5 Å². The Balaban J connectivity index is 2.02. The summed E-state index contributed by atoms with van der Waals surface area (Å²) < 4.78 is 7.17. The first-order valence-corrected chi connectivity index (χ1v) is 8.63. The van der Waals surface area contributed by atoms with Crippen molar-refractivity contribution in [2.75, 3.05) is 19.7 Å². The summed E-state index contributed by atoms with van der Waals surface area (Å²) in [5, 5.41) is 1.12. The molecule has 130 valence electrons. The number of rotatable bonds is 6. The molecule has 8 heteroatoms. The zero-order valence-corrected chi connectivity index (χ0v) is 15.7. The highest BCUT2D eigenvalue weighted by molar-refractivity contribution is 6.40. The Morgan fingerprint density at radius 3 is 2.46 bits per heavy atom. The van der Waals surface area contributed by atoms with Crippen LogP contribution in [0.15, 0.2) is 24.7 Å². The van der Waals surface area contributed by atoms with Crippen LogP contribution in [0.2, 0.25) is 15.1 Å². The van der Waals surface area contributed by atoms with Gasteiger partial charge >= 0.3 is 6.03 Å². The minimum atomic E-state index is -0.135. The van der Waals surface area contributed by atoms with Gasteiger partial charge in [0.25, 0.3) is 0 Å². The number of nitrogens with zero attached hydrogens (tertiary/aromatic N) is 3. The van der Waals surface area contributed by atoms with Gasteiger partial charge in [0, 0.05) is 23.5 Å². The third kappa shape index (κ3) is 4.56. The predicted molar refractivity (Wildman–Crippen MR) is 96.6 cm³/mol. The number of amides is 1. The van der Waals surface area contributed by atoms with Gasteiger partial charge in [0.05, 0.1) is 16.6 Å². The number of aromatic nitrogens is 2. The van der Waals surface area contributed by atoms with Gasteiger partial charge in [-0.3, -0.25) is 4.57 Å². The van der Waals surface area contributed by atoms with Gasteiger partial charge in [-0.05, 0) is 25.5 Å². The standard InChI is InChI=1S/C16H18Cl3N3O2/c1-3-4-21(16(23)22-10-20-9-11(22)2)5-6-24-15-13(18)7-12(17)8-14(15)19/h7-10H,3-6H2,1-2H3. The molecular weight excluding hydrogens is 373 g/mol. The summed E-state index contributed by atoms with van der Waals surface area (Å²) in [6.07, 6.45) is 3.99. The fourth-order valence-corrected chi connectivity index (χ4v) is 3.14. The Bertz CT molecular complexity index is 695. The highest BCUT2D eigenvalue weighted by atomic mass is 35.5. The van der Waals surface area contributed by atoms with Crippen molar-refractivity contribution in [2.24, 2.45) is 0 Å². The van der Waals surface area contributed by atoms with E-state index in [1.165, 1.54) is 10.9 Å². The van der Waals surface area contributed by atoms with Crippen LogP contribution in [-0.2, 0) is 0 Å². The van der Waals surface area contributed by atoms with E-state index in [2.05, 4.69) is 4.98 Å². The Hall–Kier alpha value is -1.43. The van der Waals surface area contributed by atoms with Gasteiger partial charge in [-0.15, -0.1) is 0 Å². The van der Waals surface area contributed by atoms with Crippen LogP contribution >= 0.6 is 34.8 Å². The summed E-state index contributed by atoms with van der Waals surface area (Å²) in [6, 6.07) is 2.99. The number of imidazole rings is 1. The fraction of sp³-hybridized carbons (Fsp3) is 0.375. The maximum Gasteiger partial charge on any atom is 0.329 e. The molecule has 0 saturated heterocycles. The van der Waals surface area contributed by atoms with Crippen molar-refractivity contribution in [3.8, 4) is 5.75 Å². The molecule has 1 amide bonds. The normalized spacial score (nSPS) is 10.7. The molecule has 0 radical (unpaired) electrons. The van der Waals surface area contributed by atoms with E-state index in [9.17, 15) is 4.79 Å². The number of hydrogen-bond acceptors (Lipinski definition) is 3. The minimum absolute atomic E-state index is 0.135. The molecule has 24 heavy (non-hydrogen) atoms. The lowest BCUT2D eigenvalue weighted by Crippen LogP contribution is -2.38. The Kier molecular flexibility index (Phi) is 6.78. The Morgan fingerprint density at radius 1 is 1.25 bits per heavy atom. The molecule has 0 N–H and O–H groups in total. The van der Waals surface area contributed by atoms with Crippen molar-refractivity contribution >= 4 is 40.8 Å². The van der Waals surface area contributed by atoms with Crippen LogP contribution in [0.5, 0.6) is 5.75 Å². The number of ether oxygens (including phenoxy) is 1. The first kappa shape index (κ1) is 18.9. The lowest BCUT2D eigenvalue weighted by Gasteiger charge is -2.23. The molecule has 0 saturated carbocycles. The van der Waals surface area contributed by atoms with Crippen molar-refractivity contribution in [2.45, 2.75) is 20.3 Å². The zero-order chi connectivity index (χ0) is 17.7. The first-order valence-electron chi connectivity index (χ1n) is 7.49. The van der Waals surface area contributed by atoms with E-state index >= 15 is 0 Å². The largest absolute Gasteiger partial charge is 0.489 e. The molecule has 1 aromatic carbocycles. The molecule has 1 heterocycles. The Labute approximate surface area is 156 Å². The minimum Gasteiger partial charge on any atom is -0.489 e. The molecular formula is C16H18Cl3N3O2. The summed E-state index contributed by atoms with van der Waals surface area (Å²) in [7, 11) is 0. The van der Waals surface area contributed by atoms with Gasteiger partial charge in [-0.25, -0.2) is 9.78 Å². The molecule has 0 bridgehead atoms. The lowest BCUT2D eigenvalue weighted by molar-refractivity contribution is 0.183. The van der Waals surface area contributed by atoms with E-state index in [1.54, 1.807) is 23.2 Å². The van der Waals surface area contributed by atoms with Crippen molar-refractivity contribution in [3.63, 3.8) is 0 Å². The van der Waals surface area contributed by atoms with Crippen LogP contribution in [0.1, 0.15) is 19.0 Å². The van der Waals surface area contributed by atoms with Crippen molar-refractivity contribution in [1.29, 1.82) is 0 Å². The highest BCUT2D eigenvalue weighted by Gasteiger charge is 2.17. The van der Waals surface area contributed by atoms with E-state index in [0.29, 0.717) is 33.9 Å². The molecule has 0 spiro atoms. The number of carbonyl (C=O) groups excluding carboxylic acids is 1. The van der Waals surface area contributed by atoms with Gasteiger partial charge in [0.2, 0.25) is 0 Å². The maximum absolute atomic E-state index is 12.6. The smallest absolute Gasteiger partial charge is 0.329 e. The van der Waals surface area contributed by atoms with Crippen LogP contribution in [0, 0.1) is 6.92 Å². The number of halogens is 3. The third-order valence-electron chi connectivity index (χ3n) is 3.36. The molecule has 2 rings (SSSR count). The van der Waals surface area contributed by atoms with Crippen LogP contribution in [-0.4, -0.2) is 40.2 Å². The monoisotopic (exact) mass is 389 g/mol. The topological polar surface area (TPSA) is 47.4 Å². The van der Waals surface area contributed by atoms with Crippen LogP contribution in [0.3, 0.4) is 0 Å². The zero-order valence-electron chi connectivity index (χ0n) is 13.4. The Morgan fingerprint density at radius 2 is 1.92 bits per heavy atom. The molecule has 1 aromatic heterocycles. The molecule has 5 nitrogen and oxygen atoms in total. The van der Waals surface area contributed by atoms with Gasteiger partial charge in [-0.1, -0.05) is 41.7 Å². The predicted octanol–water partition coefficient (Wildman–Crippen LogP) is 4.91. The molecule has 0 aliphatic carbocycles. The molecule has 0 atom stereocenters. The van der Waals surface area contributed by atoms with Crippen molar-refractivity contribution < 1.29 is 9.53 Å². The summed E-state index contributed by atoms with van der Waals surface area (Å²) in [6.45, 7) is 5.12. The van der Waals surface area contributed by atoms with Crippen molar-refractivity contribution in [3.05, 3.63) is 45.4 Å². The van der Waals surface area contributed by atoms with E-state index in [-0.39, 0.29) is 12.6 Å². The van der Waals surface area contributed by atoms with Crippen LogP contribution in [0.4, 0.5) is 4.79 Å². The average molecular weight is 391 g/mol. The lowest BCUT2D eigenvalue weighted by atomic mass is 10.3. The summed E-state index contributed by atoms with van der Waals surface area (Å²) in [5.74, 6) is 0.366. The van der Waals surface area contributed by atoms with Gasteiger partial charge < -0.3 is 9.64 Å². The summed E-state index contributed by atoms with van der Waals surface area (Å²) in [5.41, 5.74) is 0.783.